The van der Waals surface area contributed by atoms with E-state index in [1.807, 2.05) is 0 Å². The molecule has 9 heteroatoms. The van der Waals surface area contributed by atoms with Crippen molar-refractivity contribution in [3.05, 3.63) is 17.3 Å². The van der Waals surface area contributed by atoms with Crippen molar-refractivity contribution in [1.82, 2.24) is 4.98 Å². The average molecular weight is 297 g/mol. The minimum absolute atomic E-state index is 0.141. The predicted octanol–water partition coefficient (Wildman–Crippen LogP) is 2.17. The van der Waals surface area contributed by atoms with Crippen molar-refractivity contribution in [3.8, 4) is 11.6 Å². The smallest absolute Gasteiger partial charge is 0.496 e. The van der Waals surface area contributed by atoms with E-state index >= 15 is 0 Å². The van der Waals surface area contributed by atoms with Crippen LogP contribution >= 0.6 is 0 Å². The van der Waals surface area contributed by atoms with E-state index in [0.717, 1.165) is 20.3 Å². The second kappa shape index (κ2) is 6.40. The summed E-state index contributed by atoms with van der Waals surface area (Å²) in [6.45, 7) is -1.11. The van der Waals surface area contributed by atoms with Gasteiger partial charge >= 0.3 is 12.3 Å². The molecule has 0 aliphatic rings. The highest BCUT2D eigenvalue weighted by molar-refractivity contribution is 5.74. The maximum absolute atomic E-state index is 12.6. The van der Waals surface area contributed by atoms with Crippen LogP contribution in [0.1, 0.15) is 11.3 Å². The molecule has 1 rings (SSSR count). The Morgan fingerprint density at radius 2 is 2.00 bits per heavy atom. The third-order valence-electron chi connectivity index (χ3n) is 2.22. The second-order valence-corrected chi connectivity index (χ2v) is 3.53. The molecule has 0 saturated heterocycles. The first-order valence-electron chi connectivity index (χ1n) is 5.26. The van der Waals surface area contributed by atoms with Gasteiger partial charge in [-0.1, -0.05) is 0 Å². The Bertz CT molecular complexity index is 490. The van der Waals surface area contributed by atoms with Crippen LogP contribution in [0.3, 0.4) is 0 Å². The van der Waals surface area contributed by atoms with Crippen LogP contribution in [0.4, 0.5) is 17.6 Å². The summed E-state index contributed by atoms with van der Waals surface area (Å²) in [5.74, 6) is -1.89. The summed E-state index contributed by atoms with van der Waals surface area (Å²) in [5, 5.41) is 0. The molecule has 0 spiro atoms. The quantitative estimate of drug-likeness (QED) is 0.616. The predicted molar refractivity (Wildman–Crippen MR) is 58.0 cm³/mol. The molecular formula is C11H11F4NO4. The van der Waals surface area contributed by atoms with Crippen molar-refractivity contribution in [2.75, 3.05) is 14.2 Å². The zero-order valence-electron chi connectivity index (χ0n) is 10.6. The van der Waals surface area contributed by atoms with E-state index in [2.05, 4.69) is 14.5 Å². The summed E-state index contributed by atoms with van der Waals surface area (Å²) >= 11 is 0. The Morgan fingerprint density at radius 3 is 2.45 bits per heavy atom. The Kier molecular flexibility index (Phi) is 5.12. The molecule has 0 radical (unpaired) electrons. The van der Waals surface area contributed by atoms with Crippen molar-refractivity contribution >= 4 is 5.97 Å². The van der Waals surface area contributed by atoms with Crippen molar-refractivity contribution in [2.45, 2.75) is 19.5 Å². The number of methoxy groups -OCH3 is 2. The zero-order valence-corrected chi connectivity index (χ0v) is 10.6. The summed E-state index contributed by atoms with van der Waals surface area (Å²) in [7, 11) is 2.23. The number of halogens is 4. The number of hydrogen-bond donors (Lipinski definition) is 0. The van der Waals surface area contributed by atoms with Crippen LogP contribution in [0, 0.1) is 0 Å². The lowest BCUT2D eigenvalue weighted by atomic mass is 10.1. The first kappa shape index (κ1) is 16.0. The van der Waals surface area contributed by atoms with Crippen LogP contribution in [0.5, 0.6) is 11.6 Å². The highest BCUT2D eigenvalue weighted by Gasteiger charge is 2.34. The molecule has 20 heavy (non-hydrogen) atoms. The number of ether oxygens (including phenoxy) is 3. The molecule has 1 aromatic rings. The van der Waals surface area contributed by atoms with Gasteiger partial charge in [0.25, 0.3) is 0 Å². The zero-order chi connectivity index (χ0) is 15.3. The van der Waals surface area contributed by atoms with Gasteiger partial charge in [0, 0.05) is 6.07 Å². The lowest BCUT2D eigenvalue weighted by Gasteiger charge is -2.15. The van der Waals surface area contributed by atoms with Crippen LogP contribution < -0.4 is 9.47 Å². The number of hydrogen-bond acceptors (Lipinski definition) is 5. The molecule has 0 N–H and O–H groups in total. The number of rotatable bonds is 5. The van der Waals surface area contributed by atoms with E-state index in [4.69, 9.17) is 4.74 Å². The molecule has 1 heterocycles. The Balaban J connectivity index is 3.30. The van der Waals surface area contributed by atoms with Gasteiger partial charge in [-0.15, -0.1) is 13.2 Å². The number of carbonyl (C=O) groups is 1. The largest absolute Gasteiger partial charge is 0.574 e. The Hall–Kier alpha value is -2.06. The Labute approximate surface area is 111 Å². The lowest BCUT2D eigenvalue weighted by molar-refractivity contribution is -0.276. The fourth-order valence-corrected chi connectivity index (χ4v) is 1.40. The third-order valence-corrected chi connectivity index (χ3v) is 2.22. The van der Waals surface area contributed by atoms with Crippen LogP contribution in [-0.4, -0.2) is 31.5 Å². The van der Waals surface area contributed by atoms with E-state index in [0.29, 0.717) is 0 Å². The fourth-order valence-electron chi connectivity index (χ4n) is 1.40. The molecule has 112 valence electrons. The molecule has 0 amide bonds. The minimum atomic E-state index is -5.03. The maximum atomic E-state index is 12.6. The molecule has 0 aromatic carbocycles. The number of nitrogens with zero attached hydrogens (tertiary/aromatic N) is 1. The van der Waals surface area contributed by atoms with Crippen molar-refractivity contribution in [1.29, 1.82) is 0 Å². The van der Waals surface area contributed by atoms with E-state index in [1.165, 1.54) is 0 Å². The van der Waals surface area contributed by atoms with Gasteiger partial charge in [-0.05, 0) is 0 Å². The minimum Gasteiger partial charge on any atom is -0.496 e. The first-order chi connectivity index (χ1) is 9.30. The third kappa shape index (κ3) is 4.25. The topological polar surface area (TPSA) is 57.7 Å². The normalized spacial score (nSPS) is 11.1. The van der Waals surface area contributed by atoms with E-state index in [-0.39, 0.29) is 17.0 Å². The van der Waals surface area contributed by atoms with Crippen LogP contribution in [0.25, 0.3) is 0 Å². The molecule has 0 bridgehead atoms. The number of pyridine rings is 1. The monoisotopic (exact) mass is 297 g/mol. The van der Waals surface area contributed by atoms with E-state index in [9.17, 15) is 22.4 Å². The standard InChI is InChI=1S/C11H11F4NO4/c1-18-8-3-6(5-12)16-10(20-11(13,14)15)7(8)4-9(17)19-2/h3H,4-5H2,1-2H3. The molecule has 0 unspecified atom stereocenters. The molecule has 1 aromatic heterocycles. The van der Waals surface area contributed by atoms with Crippen molar-refractivity contribution in [2.24, 2.45) is 0 Å². The lowest BCUT2D eigenvalue weighted by Crippen LogP contribution is -2.20. The SMILES string of the molecule is COC(=O)Cc1c(OC)cc(CF)nc1OC(F)(F)F. The maximum Gasteiger partial charge on any atom is 0.574 e. The van der Waals surface area contributed by atoms with E-state index < -0.39 is 31.3 Å². The summed E-state index contributed by atoms with van der Waals surface area (Å²) in [6.07, 6.45) is -5.58. The molecule has 0 atom stereocenters. The molecule has 0 saturated carbocycles. The number of esters is 1. The average Bonchev–Trinajstić information content (AvgIpc) is 2.38. The van der Waals surface area contributed by atoms with Crippen molar-refractivity contribution < 1.29 is 36.6 Å². The molecule has 0 fully saturated rings. The number of aromatic nitrogens is 1. The molecule has 0 aliphatic heterocycles. The van der Waals surface area contributed by atoms with Gasteiger partial charge in [0.15, 0.2) is 0 Å². The van der Waals surface area contributed by atoms with Gasteiger partial charge in [0.2, 0.25) is 5.88 Å². The van der Waals surface area contributed by atoms with Crippen LogP contribution in [0.2, 0.25) is 0 Å². The van der Waals surface area contributed by atoms with Crippen LogP contribution in [0.15, 0.2) is 6.07 Å². The number of alkyl halides is 4. The molecule has 5 nitrogen and oxygen atoms in total. The van der Waals surface area contributed by atoms with Crippen LogP contribution in [-0.2, 0) is 22.6 Å². The summed E-state index contributed by atoms with van der Waals surface area (Å²) < 4.78 is 62.4. The molecular weight excluding hydrogens is 286 g/mol. The highest BCUT2D eigenvalue weighted by atomic mass is 19.4. The second-order valence-electron chi connectivity index (χ2n) is 3.53. The molecule has 0 aliphatic carbocycles. The Morgan fingerprint density at radius 1 is 1.35 bits per heavy atom. The number of carbonyl (C=O) groups excluding carboxylic acids is 1. The first-order valence-corrected chi connectivity index (χ1v) is 5.26. The van der Waals surface area contributed by atoms with Gasteiger partial charge in [-0.25, -0.2) is 9.37 Å². The summed E-state index contributed by atoms with van der Waals surface area (Å²) in [6, 6.07) is 1.08. The fraction of sp³-hybridized carbons (Fsp3) is 0.455. The van der Waals surface area contributed by atoms with Gasteiger partial charge in [0.05, 0.1) is 31.9 Å². The van der Waals surface area contributed by atoms with Gasteiger partial charge < -0.3 is 14.2 Å². The summed E-state index contributed by atoms with van der Waals surface area (Å²) in [4.78, 5) is 14.6. The van der Waals surface area contributed by atoms with Gasteiger partial charge in [0.1, 0.15) is 12.4 Å². The van der Waals surface area contributed by atoms with Gasteiger partial charge in [-0.2, -0.15) is 0 Å². The summed E-state index contributed by atoms with van der Waals surface area (Å²) in [5.41, 5.74) is -0.580. The highest BCUT2D eigenvalue weighted by Crippen LogP contribution is 2.32. The van der Waals surface area contributed by atoms with E-state index in [1.54, 1.807) is 0 Å². The van der Waals surface area contributed by atoms with Gasteiger partial charge in [-0.3, -0.25) is 4.79 Å². The van der Waals surface area contributed by atoms with Crippen molar-refractivity contribution in [3.63, 3.8) is 0 Å².